The average molecular weight is 902 g/mol. The lowest BCUT2D eigenvalue weighted by molar-refractivity contribution is -0.136. The number of aliphatic carboxylic acids is 1. The number of para-hydroxylation sites is 2. The summed E-state index contributed by atoms with van der Waals surface area (Å²) in [6, 6.07) is 22.6. The summed E-state index contributed by atoms with van der Waals surface area (Å²) in [5, 5.41) is 19.4. The van der Waals surface area contributed by atoms with Crippen molar-refractivity contribution < 1.29 is 47.0 Å². The van der Waals surface area contributed by atoms with Gasteiger partial charge in [0.05, 0.1) is 49.5 Å². The fourth-order valence-electron chi connectivity index (χ4n) is 5.45. The molecule has 0 unspecified atom stereocenters. The molecule has 4 amide bonds. The lowest BCUT2D eigenvalue weighted by atomic mass is 9.99. The molecule has 0 aliphatic rings. The first-order valence-electron chi connectivity index (χ1n) is 18.1. The molecule has 0 atom stereocenters. The third kappa shape index (κ3) is 12.9. The fraction of sp³-hybridized carbons (Fsp3) is 0.175. The van der Waals surface area contributed by atoms with Gasteiger partial charge in [-0.3, -0.25) is 25.0 Å². The highest BCUT2D eigenvalue weighted by atomic mass is 32.2. The summed E-state index contributed by atoms with van der Waals surface area (Å²) < 4.78 is 43.0. The van der Waals surface area contributed by atoms with Gasteiger partial charge in [0.15, 0.2) is 23.2 Å². The number of carbonyl (C=O) groups is 5. The number of urea groups is 2. The van der Waals surface area contributed by atoms with Crippen molar-refractivity contribution in [3.8, 4) is 11.5 Å². The second-order valence-corrected chi connectivity index (χ2v) is 16.3. The normalized spacial score (nSPS) is 10.7. The van der Waals surface area contributed by atoms with E-state index in [1.807, 2.05) is 13.8 Å². The Hall–Kier alpha value is -7.14. The lowest BCUT2D eigenvalue weighted by Gasteiger charge is -2.13. The molecule has 0 aliphatic carbocycles. The van der Waals surface area contributed by atoms with E-state index in [1.165, 1.54) is 14.2 Å². The Bertz CT molecular complexity index is 2740. The van der Waals surface area contributed by atoms with Gasteiger partial charge >= 0.3 is 18.0 Å². The SMILES string of the molecule is COc1ccccc1C(=O)c1cc(C)ccc1NC(=O)Nc1nc(CC(=O)O)ns1.COc1ccccc1C(=O)c1cc(C)ccc1NC(=O)Nc1nc(CNS(C)(=O)=O)ns1. The van der Waals surface area contributed by atoms with Crippen LogP contribution in [0.3, 0.4) is 0 Å². The van der Waals surface area contributed by atoms with E-state index in [1.54, 1.807) is 84.9 Å². The Balaban J connectivity index is 0.000000235. The first-order valence-corrected chi connectivity index (χ1v) is 21.5. The highest BCUT2D eigenvalue weighted by Gasteiger charge is 2.21. The summed E-state index contributed by atoms with van der Waals surface area (Å²) in [5.41, 5.74) is 3.67. The number of ketones is 2. The predicted molar refractivity (Wildman–Crippen MR) is 233 cm³/mol. The number of carboxylic acids is 1. The van der Waals surface area contributed by atoms with Gasteiger partial charge in [-0.2, -0.15) is 8.75 Å². The molecule has 6 rings (SSSR count). The number of carbonyl (C=O) groups excluding carboxylic acids is 4. The van der Waals surface area contributed by atoms with Crippen LogP contribution in [0.5, 0.6) is 11.5 Å². The third-order valence-corrected chi connectivity index (χ3v) is 10.2. The van der Waals surface area contributed by atoms with Gasteiger partial charge in [0.25, 0.3) is 0 Å². The summed E-state index contributed by atoms with van der Waals surface area (Å²) in [7, 11) is -0.423. The monoisotopic (exact) mass is 901 g/mol. The van der Waals surface area contributed by atoms with Crippen LogP contribution < -0.4 is 35.5 Å². The smallest absolute Gasteiger partial charge is 0.325 e. The zero-order valence-electron chi connectivity index (χ0n) is 33.6. The van der Waals surface area contributed by atoms with Gasteiger partial charge in [-0.05, 0) is 62.4 Å². The van der Waals surface area contributed by atoms with Gasteiger partial charge in [0.2, 0.25) is 20.3 Å². The number of hydrogen-bond donors (Lipinski definition) is 6. The van der Waals surface area contributed by atoms with E-state index in [4.69, 9.17) is 14.6 Å². The number of hydrogen-bond acceptors (Lipinski definition) is 15. The molecule has 0 fully saturated rings. The molecule has 0 saturated carbocycles. The molecule has 62 heavy (non-hydrogen) atoms. The van der Waals surface area contributed by atoms with Crippen LogP contribution in [0, 0.1) is 13.8 Å². The van der Waals surface area contributed by atoms with Gasteiger partial charge in [-0.25, -0.2) is 32.7 Å². The van der Waals surface area contributed by atoms with Gasteiger partial charge in [0, 0.05) is 34.2 Å². The Morgan fingerprint density at radius 1 is 0.629 bits per heavy atom. The average Bonchev–Trinajstić information content (AvgIpc) is 3.88. The number of benzene rings is 4. The number of rotatable bonds is 15. The number of aryl methyl sites for hydroxylation is 2. The second kappa shape index (κ2) is 20.9. The molecule has 2 aromatic heterocycles. The lowest BCUT2D eigenvalue weighted by Crippen LogP contribution is -2.22. The van der Waals surface area contributed by atoms with E-state index in [2.05, 4.69) is 44.7 Å². The van der Waals surface area contributed by atoms with Crippen LogP contribution in [0.15, 0.2) is 84.9 Å². The van der Waals surface area contributed by atoms with Crippen LogP contribution in [0.25, 0.3) is 0 Å². The number of carboxylic acid groups (broad SMARTS) is 1. The molecule has 0 bridgehead atoms. The minimum Gasteiger partial charge on any atom is -0.496 e. The zero-order chi connectivity index (χ0) is 45.0. The Morgan fingerprint density at radius 3 is 1.50 bits per heavy atom. The summed E-state index contributed by atoms with van der Waals surface area (Å²) in [6.07, 6.45) is 0.687. The molecular weight excluding hydrogens is 863 g/mol. The molecule has 0 aliphatic heterocycles. The minimum atomic E-state index is -3.39. The first kappa shape index (κ1) is 45.9. The molecule has 0 radical (unpaired) electrons. The Morgan fingerprint density at radius 2 is 1.06 bits per heavy atom. The van der Waals surface area contributed by atoms with Crippen molar-refractivity contribution in [2.75, 3.05) is 41.7 Å². The quantitative estimate of drug-likeness (QED) is 0.0633. The number of methoxy groups -OCH3 is 2. The molecule has 19 nitrogen and oxygen atoms in total. The molecule has 6 N–H and O–H groups in total. The van der Waals surface area contributed by atoms with Gasteiger partial charge in [0.1, 0.15) is 17.9 Å². The molecular formula is C40H39N9O10S3. The number of nitrogens with one attached hydrogen (secondary N) is 5. The predicted octanol–water partition coefficient (Wildman–Crippen LogP) is 6.14. The highest BCUT2D eigenvalue weighted by molar-refractivity contribution is 7.88. The fourth-order valence-corrected chi connectivity index (χ4v) is 7.00. The molecule has 22 heteroatoms. The van der Waals surface area contributed by atoms with Crippen LogP contribution in [-0.4, -0.2) is 82.3 Å². The van der Waals surface area contributed by atoms with Crippen LogP contribution in [0.4, 0.5) is 31.2 Å². The van der Waals surface area contributed by atoms with E-state index < -0.39 is 28.1 Å². The van der Waals surface area contributed by atoms with Crippen LogP contribution in [0.2, 0.25) is 0 Å². The van der Waals surface area contributed by atoms with Crippen molar-refractivity contribution in [2.45, 2.75) is 26.8 Å². The number of nitrogens with zero attached hydrogens (tertiary/aromatic N) is 4. The van der Waals surface area contributed by atoms with E-state index in [-0.39, 0.29) is 46.4 Å². The summed E-state index contributed by atoms with van der Waals surface area (Å²) in [4.78, 5) is 69.9. The van der Waals surface area contributed by atoms with E-state index in [0.29, 0.717) is 45.1 Å². The van der Waals surface area contributed by atoms with Gasteiger partial charge in [-0.1, -0.05) is 47.5 Å². The van der Waals surface area contributed by atoms with Gasteiger partial charge < -0.3 is 25.2 Å². The van der Waals surface area contributed by atoms with Crippen LogP contribution in [-0.2, 0) is 27.8 Å². The maximum atomic E-state index is 13.2. The van der Waals surface area contributed by atoms with E-state index in [0.717, 1.165) is 40.4 Å². The van der Waals surface area contributed by atoms with Gasteiger partial charge in [-0.15, -0.1) is 0 Å². The number of anilines is 4. The summed E-state index contributed by atoms with van der Waals surface area (Å²) in [5.74, 6) is -0.485. The standard InChI is InChI=1S/C20H21N5O5S2.C20H18N4O5S/c1-12-8-9-15(14(10-12)18(26)13-6-4-5-7-16(13)30-2)22-19(27)24-20-23-17(25-31-20)11-21-32(3,28)29;1-11-7-8-14(13(9-11)18(27)12-5-3-4-6-15(12)29-2)21-19(28)23-20-22-16(24-30-20)10-17(25)26/h4-10,21H,11H2,1-3H3,(H2,22,23,24,25,27);3-9H,10H2,1-2H3,(H,25,26)(H2,21,22,23,24,28). The van der Waals surface area contributed by atoms with Crippen LogP contribution in [0.1, 0.15) is 54.6 Å². The maximum absolute atomic E-state index is 13.2. The molecule has 2 heterocycles. The molecule has 0 spiro atoms. The largest absolute Gasteiger partial charge is 0.496 e. The maximum Gasteiger partial charge on any atom is 0.325 e. The minimum absolute atomic E-state index is 0.0891. The number of ether oxygens (including phenoxy) is 2. The first-order chi connectivity index (χ1) is 29.5. The Kier molecular flexibility index (Phi) is 15.5. The van der Waals surface area contributed by atoms with E-state index >= 15 is 0 Å². The number of aromatic nitrogens is 4. The van der Waals surface area contributed by atoms with Crippen LogP contribution >= 0.6 is 23.1 Å². The Labute approximate surface area is 363 Å². The number of amides is 4. The van der Waals surface area contributed by atoms with E-state index in [9.17, 15) is 32.4 Å². The van der Waals surface area contributed by atoms with Crippen molar-refractivity contribution in [3.05, 3.63) is 130 Å². The highest BCUT2D eigenvalue weighted by Crippen LogP contribution is 2.28. The van der Waals surface area contributed by atoms with Crippen molar-refractivity contribution in [1.82, 2.24) is 23.4 Å². The third-order valence-electron chi connectivity index (χ3n) is 8.22. The molecule has 4 aromatic carbocycles. The summed E-state index contributed by atoms with van der Waals surface area (Å²) >= 11 is 1.77. The number of sulfonamides is 1. The molecule has 322 valence electrons. The molecule has 6 aromatic rings. The second-order valence-electron chi connectivity index (χ2n) is 13.0. The zero-order valence-corrected chi connectivity index (χ0v) is 36.1. The summed E-state index contributed by atoms with van der Waals surface area (Å²) in [6.45, 7) is 3.60. The van der Waals surface area contributed by atoms with Crippen molar-refractivity contribution in [2.24, 2.45) is 0 Å². The van der Waals surface area contributed by atoms with Crippen molar-refractivity contribution in [1.29, 1.82) is 0 Å². The molecule has 0 saturated heterocycles. The topological polar surface area (TPSA) is 270 Å². The van der Waals surface area contributed by atoms with Crippen molar-refractivity contribution in [3.63, 3.8) is 0 Å². The van der Waals surface area contributed by atoms with Crippen molar-refractivity contribution >= 4 is 84.3 Å².